The van der Waals surface area contributed by atoms with E-state index >= 15 is 0 Å². The molecule has 0 saturated heterocycles. The fraction of sp³-hybridized carbons (Fsp3) is 0.714. The average Bonchev–Trinajstić information content (AvgIpc) is 3.07. The van der Waals surface area contributed by atoms with Gasteiger partial charge in [-0.3, -0.25) is 0 Å². The van der Waals surface area contributed by atoms with E-state index in [1.54, 1.807) is 13.1 Å². The Labute approximate surface area is 126 Å². The highest BCUT2D eigenvalue weighted by atomic mass is 32.2. The predicted octanol–water partition coefficient (Wildman–Crippen LogP) is 2.67. The van der Waals surface area contributed by atoms with Crippen LogP contribution < -0.4 is 5.32 Å². The highest BCUT2D eigenvalue weighted by Crippen LogP contribution is 2.29. The summed E-state index contributed by atoms with van der Waals surface area (Å²) in [5, 5.41) is 3.22. The van der Waals surface area contributed by atoms with Crippen LogP contribution in [0, 0.1) is 5.92 Å². The van der Waals surface area contributed by atoms with E-state index in [2.05, 4.69) is 5.32 Å². The Balaban J connectivity index is 2.02. The molecule has 114 valence electrons. The summed E-state index contributed by atoms with van der Waals surface area (Å²) >= 11 is 1.37. The van der Waals surface area contributed by atoms with Crippen molar-refractivity contribution in [1.82, 2.24) is 9.62 Å². The van der Waals surface area contributed by atoms with Crippen molar-refractivity contribution in [3.63, 3.8) is 0 Å². The van der Waals surface area contributed by atoms with Gasteiger partial charge in [-0.2, -0.15) is 4.31 Å². The van der Waals surface area contributed by atoms with Crippen molar-refractivity contribution in [3.8, 4) is 0 Å². The maximum absolute atomic E-state index is 12.5. The second-order valence-corrected chi connectivity index (χ2v) is 8.88. The third kappa shape index (κ3) is 3.81. The fourth-order valence-electron chi connectivity index (χ4n) is 2.65. The molecule has 0 aromatic carbocycles. The maximum Gasteiger partial charge on any atom is 0.252 e. The van der Waals surface area contributed by atoms with E-state index in [9.17, 15) is 8.42 Å². The molecule has 1 aliphatic rings. The zero-order valence-electron chi connectivity index (χ0n) is 12.3. The fourth-order valence-corrected chi connectivity index (χ4v) is 5.43. The Morgan fingerprint density at radius 1 is 1.35 bits per heavy atom. The van der Waals surface area contributed by atoms with Crippen molar-refractivity contribution in [2.24, 2.45) is 5.92 Å². The molecule has 1 saturated carbocycles. The highest BCUT2D eigenvalue weighted by Gasteiger charge is 2.26. The van der Waals surface area contributed by atoms with Crippen molar-refractivity contribution in [1.29, 1.82) is 0 Å². The van der Waals surface area contributed by atoms with Gasteiger partial charge in [0.05, 0.1) is 0 Å². The quantitative estimate of drug-likeness (QED) is 0.841. The molecule has 0 spiro atoms. The third-order valence-electron chi connectivity index (χ3n) is 3.84. The molecule has 0 aliphatic heterocycles. The molecular formula is C14H24N2O2S2. The molecule has 0 amide bonds. The summed E-state index contributed by atoms with van der Waals surface area (Å²) in [6, 6.07) is 3.64. The summed E-state index contributed by atoms with van der Waals surface area (Å²) in [6.07, 6.45) is 4.81. The summed E-state index contributed by atoms with van der Waals surface area (Å²) in [4.78, 5) is 1.07. The van der Waals surface area contributed by atoms with Crippen LogP contribution >= 0.6 is 11.3 Å². The molecule has 1 aliphatic carbocycles. The van der Waals surface area contributed by atoms with Gasteiger partial charge in [0.2, 0.25) is 0 Å². The van der Waals surface area contributed by atoms with E-state index in [4.69, 9.17) is 0 Å². The number of thiophene rings is 1. The first-order valence-corrected chi connectivity index (χ1v) is 9.55. The van der Waals surface area contributed by atoms with Crippen LogP contribution in [0.3, 0.4) is 0 Å². The Hall–Kier alpha value is -0.430. The second kappa shape index (κ2) is 7.02. The Kier molecular flexibility index (Phi) is 5.60. The van der Waals surface area contributed by atoms with Crippen LogP contribution in [-0.4, -0.2) is 32.9 Å². The Morgan fingerprint density at radius 3 is 2.70 bits per heavy atom. The van der Waals surface area contributed by atoms with Crippen LogP contribution in [0.25, 0.3) is 0 Å². The van der Waals surface area contributed by atoms with Gasteiger partial charge in [-0.15, -0.1) is 11.3 Å². The van der Waals surface area contributed by atoms with E-state index < -0.39 is 10.0 Å². The number of rotatable bonds is 7. The normalized spacial score (nSPS) is 17.1. The van der Waals surface area contributed by atoms with Crippen molar-refractivity contribution in [3.05, 3.63) is 17.0 Å². The van der Waals surface area contributed by atoms with Crippen molar-refractivity contribution < 1.29 is 8.42 Å². The molecule has 1 fully saturated rings. The van der Waals surface area contributed by atoms with Crippen molar-refractivity contribution in [2.75, 3.05) is 20.1 Å². The van der Waals surface area contributed by atoms with Crippen LogP contribution in [0.5, 0.6) is 0 Å². The van der Waals surface area contributed by atoms with Gasteiger partial charge in [-0.1, -0.05) is 19.8 Å². The van der Waals surface area contributed by atoms with Crippen molar-refractivity contribution in [2.45, 2.75) is 43.4 Å². The van der Waals surface area contributed by atoms with Crippen LogP contribution in [-0.2, 0) is 16.6 Å². The van der Waals surface area contributed by atoms with E-state index in [0.29, 0.717) is 16.7 Å². The highest BCUT2D eigenvalue weighted by molar-refractivity contribution is 7.91. The minimum absolute atomic E-state index is 0.464. The molecular weight excluding hydrogens is 292 g/mol. The third-order valence-corrected chi connectivity index (χ3v) is 7.22. The maximum atomic E-state index is 12.5. The molecule has 6 heteroatoms. The van der Waals surface area contributed by atoms with Gasteiger partial charge in [-0.25, -0.2) is 8.42 Å². The first-order valence-electron chi connectivity index (χ1n) is 7.29. The van der Waals surface area contributed by atoms with Gasteiger partial charge < -0.3 is 5.32 Å². The van der Waals surface area contributed by atoms with E-state index in [0.717, 1.165) is 30.8 Å². The lowest BCUT2D eigenvalue weighted by molar-refractivity contribution is 0.388. The summed E-state index contributed by atoms with van der Waals surface area (Å²) in [6.45, 7) is 4.33. The zero-order chi connectivity index (χ0) is 14.6. The van der Waals surface area contributed by atoms with Gasteiger partial charge in [0.15, 0.2) is 0 Å². The van der Waals surface area contributed by atoms with Crippen molar-refractivity contribution >= 4 is 21.4 Å². The summed E-state index contributed by atoms with van der Waals surface area (Å²) in [5.41, 5.74) is 0. The van der Waals surface area contributed by atoms with Crippen LogP contribution in [0.15, 0.2) is 16.3 Å². The number of nitrogens with zero attached hydrogens (tertiary/aromatic N) is 1. The van der Waals surface area contributed by atoms with Crippen LogP contribution in [0.1, 0.15) is 37.5 Å². The first kappa shape index (κ1) is 15.9. The van der Waals surface area contributed by atoms with E-state index in [1.807, 2.05) is 13.0 Å². The molecule has 20 heavy (non-hydrogen) atoms. The summed E-state index contributed by atoms with van der Waals surface area (Å²) < 4.78 is 27.0. The lowest BCUT2D eigenvalue weighted by Gasteiger charge is -2.19. The van der Waals surface area contributed by atoms with E-state index in [1.165, 1.54) is 28.5 Å². The molecule has 2 rings (SSSR count). The molecule has 1 N–H and O–H groups in total. The number of sulfonamides is 1. The first-order chi connectivity index (χ1) is 9.54. The van der Waals surface area contributed by atoms with Gasteiger partial charge in [-0.05, 0) is 37.4 Å². The Bertz CT molecular complexity index is 519. The lowest BCUT2D eigenvalue weighted by atomic mass is 10.1. The Morgan fingerprint density at radius 2 is 2.05 bits per heavy atom. The van der Waals surface area contributed by atoms with Gasteiger partial charge in [0.25, 0.3) is 10.0 Å². The smallest absolute Gasteiger partial charge is 0.252 e. The number of hydrogen-bond acceptors (Lipinski definition) is 4. The molecule has 0 radical (unpaired) electrons. The average molecular weight is 316 g/mol. The van der Waals surface area contributed by atoms with Crippen LogP contribution in [0.2, 0.25) is 0 Å². The largest absolute Gasteiger partial charge is 0.312 e. The van der Waals surface area contributed by atoms with Gasteiger partial charge in [0.1, 0.15) is 4.21 Å². The second-order valence-electron chi connectivity index (χ2n) is 5.44. The molecule has 1 aromatic rings. The molecule has 4 nitrogen and oxygen atoms in total. The lowest BCUT2D eigenvalue weighted by Crippen LogP contribution is -2.30. The summed E-state index contributed by atoms with van der Waals surface area (Å²) in [5.74, 6) is 0.538. The van der Waals surface area contributed by atoms with Gasteiger partial charge in [0, 0.05) is 25.0 Å². The van der Waals surface area contributed by atoms with Crippen LogP contribution in [0.4, 0.5) is 0 Å². The molecule has 1 heterocycles. The minimum atomic E-state index is -3.31. The SMILES string of the molecule is CCNCc1ccc(S(=O)(=O)N(C)CC2CCCC2)s1. The van der Waals surface area contributed by atoms with E-state index in [-0.39, 0.29) is 0 Å². The number of nitrogens with one attached hydrogen (secondary N) is 1. The monoisotopic (exact) mass is 316 g/mol. The molecule has 0 unspecified atom stereocenters. The predicted molar refractivity (Wildman–Crippen MR) is 83.5 cm³/mol. The zero-order valence-corrected chi connectivity index (χ0v) is 13.9. The summed E-state index contributed by atoms with van der Waals surface area (Å²) in [7, 11) is -1.60. The molecule has 0 bridgehead atoms. The molecule has 0 atom stereocenters. The standard InChI is InChI=1S/C14H24N2O2S2/c1-3-15-10-13-8-9-14(19-13)20(17,18)16(2)11-12-6-4-5-7-12/h8-9,12,15H,3-7,10-11H2,1-2H3. The van der Waals surface area contributed by atoms with Gasteiger partial charge >= 0.3 is 0 Å². The topological polar surface area (TPSA) is 49.4 Å². The minimum Gasteiger partial charge on any atom is -0.312 e. The number of hydrogen-bond donors (Lipinski definition) is 1. The molecule has 1 aromatic heterocycles.